The van der Waals surface area contributed by atoms with Crippen LogP contribution in [0.2, 0.25) is 0 Å². The maximum Gasteiger partial charge on any atom is 0.258 e. The van der Waals surface area contributed by atoms with E-state index in [0.717, 1.165) is 42.6 Å². The first-order valence-electron chi connectivity index (χ1n) is 7.22. The van der Waals surface area contributed by atoms with E-state index in [1.54, 1.807) is 0 Å². The average molecular weight is 277 g/mol. The third-order valence-corrected chi connectivity index (χ3v) is 3.82. The van der Waals surface area contributed by atoms with Gasteiger partial charge in [-0.05, 0) is 50.7 Å². The van der Waals surface area contributed by atoms with Gasteiger partial charge >= 0.3 is 0 Å². The van der Waals surface area contributed by atoms with Crippen molar-refractivity contribution in [1.82, 2.24) is 5.32 Å². The highest BCUT2D eigenvalue weighted by Gasteiger charge is 2.20. The Balaban J connectivity index is 1.80. The minimum Gasteiger partial charge on any atom is -0.483 e. The van der Waals surface area contributed by atoms with Gasteiger partial charge in [0.15, 0.2) is 6.61 Å². The van der Waals surface area contributed by atoms with Gasteiger partial charge in [0.1, 0.15) is 5.75 Å². The molecule has 0 atom stereocenters. The predicted octanol–water partition coefficient (Wildman–Crippen LogP) is 2.10. The SMILES string of the molecule is Cc1cccc(C)c1OCC(=O)N[C@H]1CC[C@H](O)CC1. The van der Waals surface area contributed by atoms with E-state index in [1.807, 2.05) is 32.0 Å². The van der Waals surface area contributed by atoms with Gasteiger partial charge in [0.25, 0.3) is 5.91 Å². The number of hydrogen-bond donors (Lipinski definition) is 2. The van der Waals surface area contributed by atoms with E-state index >= 15 is 0 Å². The Morgan fingerprint density at radius 1 is 1.25 bits per heavy atom. The molecule has 0 unspecified atom stereocenters. The Hall–Kier alpha value is -1.55. The van der Waals surface area contributed by atoms with Gasteiger partial charge in [-0.15, -0.1) is 0 Å². The number of aryl methyl sites for hydroxylation is 2. The summed E-state index contributed by atoms with van der Waals surface area (Å²) in [5, 5.41) is 12.4. The van der Waals surface area contributed by atoms with Crippen molar-refractivity contribution in [2.75, 3.05) is 6.61 Å². The molecule has 4 heteroatoms. The van der Waals surface area contributed by atoms with Gasteiger partial charge in [0, 0.05) is 6.04 Å². The number of hydrogen-bond acceptors (Lipinski definition) is 3. The predicted molar refractivity (Wildman–Crippen MR) is 77.8 cm³/mol. The summed E-state index contributed by atoms with van der Waals surface area (Å²) in [6, 6.07) is 6.10. The van der Waals surface area contributed by atoms with Crippen LogP contribution in [-0.4, -0.2) is 29.8 Å². The second-order valence-corrected chi connectivity index (χ2v) is 5.58. The molecule has 2 N–H and O–H groups in total. The number of amides is 1. The van der Waals surface area contributed by atoms with Crippen molar-refractivity contribution < 1.29 is 14.6 Å². The maximum absolute atomic E-state index is 11.9. The van der Waals surface area contributed by atoms with Crippen molar-refractivity contribution in [2.45, 2.75) is 51.7 Å². The van der Waals surface area contributed by atoms with Crippen LogP contribution in [-0.2, 0) is 4.79 Å². The molecule has 20 heavy (non-hydrogen) atoms. The molecule has 0 radical (unpaired) electrons. The highest BCUT2D eigenvalue weighted by molar-refractivity contribution is 5.77. The van der Waals surface area contributed by atoms with E-state index in [-0.39, 0.29) is 24.7 Å². The summed E-state index contributed by atoms with van der Waals surface area (Å²) < 4.78 is 5.63. The highest BCUT2D eigenvalue weighted by Crippen LogP contribution is 2.22. The van der Waals surface area contributed by atoms with Crippen LogP contribution in [0.25, 0.3) is 0 Å². The zero-order valence-corrected chi connectivity index (χ0v) is 12.2. The Morgan fingerprint density at radius 2 is 1.85 bits per heavy atom. The fourth-order valence-electron chi connectivity index (χ4n) is 2.65. The number of para-hydroxylation sites is 1. The third kappa shape index (κ3) is 3.97. The van der Waals surface area contributed by atoms with Crippen molar-refractivity contribution in [2.24, 2.45) is 0 Å². The zero-order valence-electron chi connectivity index (χ0n) is 12.2. The number of aliphatic hydroxyl groups excluding tert-OH is 1. The zero-order chi connectivity index (χ0) is 14.5. The summed E-state index contributed by atoms with van der Waals surface area (Å²) >= 11 is 0. The molecule has 1 aliphatic rings. The van der Waals surface area contributed by atoms with Gasteiger partial charge in [0.05, 0.1) is 6.10 Å². The van der Waals surface area contributed by atoms with Gasteiger partial charge in [0.2, 0.25) is 0 Å². The van der Waals surface area contributed by atoms with Gasteiger partial charge < -0.3 is 15.2 Å². The molecule has 1 saturated carbocycles. The molecule has 0 bridgehead atoms. The molecule has 0 spiro atoms. The largest absolute Gasteiger partial charge is 0.483 e. The first-order valence-corrected chi connectivity index (χ1v) is 7.22. The maximum atomic E-state index is 11.9. The molecule has 0 aromatic heterocycles. The summed E-state index contributed by atoms with van der Waals surface area (Å²) in [7, 11) is 0. The number of nitrogens with one attached hydrogen (secondary N) is 1. The van der Waals surface area contributed by atoms with Crippen molar-refractivity contribution in [3.05, 3.63) is 29.3 Å². The highest BCUT2D eigenvalue weighted by atomic mass is 16.5. The monoisotopic (exact) mass is 277 g/mol. The van der Waals surface area contributed by atoms with Crippen LogP contribution in [0.3, 0.4) is 0 Å². The van der Waals surface area contributed by atoms with E-state index in [9.17, 15) is 9.90 Å². The lowest BCUT2D eigenvalue weighted by Crippen LogP contribution is -2.40. The average Bonchev–Trinajstić information content (AvgIpc) is 2.41. The normalized spacial score (nSPS) is 22.4. The minimum absolute atomic E-state index is 0.0464. The quantitative estimate of drug-likeness (QED) is 0.886. The van der Waals surface area contributed by atoms with Crippen LogP contribution in [0.5, 0.6) is 5.75 Å². The Kier molecular flexibility index (Phi) is 5.01. The molecule has 1 aromatic rings. The molecule has 0 saturated heterocycles. The lowest BCUT2D eigenvalue weighted by molar-refractivity contribution is -0.124. The number of ether oxygens (including phenoxy) is 1. The topological polar surface area (TPSA) is 58.6 Å². The second kappa shape index (κ2) is 6.75. The van der Waals surface area contributed by atoms with Gasteiger partial charge in [-0.2, -0.15) is 0 Å². The molecular weight excluding hydrogens is 254 g/mol. The van der Waals surface area contributed by atoms with E-state index in [2.05, 4.69) is 5.32 Å². The fourth-order valence-corrected chi connectivity index (χ4v) is 2.65. The number of benzene rings is 1. The number of rotatable bonds is 4. The molecule has 1 amide bonds. The van der Waals surface area contributed by atoms with Gasteiger partial charge in [-0.1, -0.05) is 18.2 Å². The smallest absolute Gasteiger partial charge is 0.258 e. The molecule has 1 fully saturated rings. The van der Waals surface area contributed by atoms with Crippen molar-refractivity contribution in [3.63, 3.8) is 0 Å². The molecular formula is C16H23NO3. The number of aliphatic hydroxyl groups is 1. The third-order valence-electron chi connectivity index (χ3n) is 3.82. The van der Waals surface area contributed by atoms with E-state index in [4.69, 9.17) is 4.74 Å². The van der Waals surface area contributed by atoms with E-state index in [0.29, 0.717) is 0 Å². The number of carbonyl (C=O) groups is 1. The van der Waals surface area contributed by atoms with E-state index < -0.39 is 0 Å². The summed E-state index contributed by atoms with van der Waals surface area (Å²) in [6.45, 7) is 4.00. The summed E-state index contributed by atoms with van der Waals surface area (Å²) in [6.07, 6.45) is 3.02. The van der Waals surface area contributed by atoms with Crippen molar-refractivity contribution >= 4 is 5.91 Å². The molecule has 1 aromatic carbocycles. The van der Waals surface area contributed by atoms with Crippen LogP contribution >= 0.6 is 0 Å². The minimum atomic E-state index is -0.200. The first-order chi connectivity index (χ1) is 9.56. The van der Waals surface area contributed by atoms with Gasteiger partial charge in [-0.3, -0.25) is 4.79 Å². The first kappa shape index (κ1) is 14.9. The number of carbonyl (C=O) groups excluding carboxylic acids is 1. The van der Waals surface area contributed by atoms with Crippen LogP contribution in [0.4, 0.5) is 0 Å². The molecule has 2 rings (SSSR count). The second-order valence-electron chi connectivity index (χ2n) is 5.58. The summed E-state index contributed by atoms with van der Waals surface area (Å²) in [5.74, 6) is 0.704. The standard InChI is InChI=1S/C16H23NO3/c1-11-4-3-5-12(2)16(11)20-10-15(19)17-13-6-8-14(18)9-7-13/h3-5,13-14,18H,6-10H2,1-2H3,(H,17,19)/t13-,14-. The molecule has 4 nitrogen and oxygen atoms in total. The summed E-state index contributed by atoms with van der Waals surface area (Å²) in [5.41, 5.74) is 2.08. The summed E-state index contributed by atoms with van der Waals surface area (Å²) in [4.78, 5) is 11.9. The van der Waals surface area contributed by atoms with Crippen LogP contribution < -0.4 is 10.1 Å². The lowest BCUT2D eigenvalue weighted by Gasteiger charge is -2.26. The van der Waals surface area contributed by atoms with Crippen molar-refractivity contribution in [1.29, 1.82) is 0 Å². The fraction of sp³-hybridized carbons (Fsp3) is 0.562. The Morgan fingerprint density at radius 3 is 2.45 bits per heavy atom. The molecule has 0 aliphatic heterocycles. The van der Waals surface area contributed by atoms with E-state index in [1.165, 1.54) is 0 Å². The van der Waals surface area contributed by atoms with Crippen LogP contribution in [0.1, 0.15) is 36.8 Å². The Labute approximate surface area is 120 Å². The molecule has 1 aliphatic carbocycles. The lowest BCUT2D eigenvalue weighted by atomic mass is 9.93. The molecule has 110 valence electrons. The Bertz CT molecular complexity index is 445. The van der Waals surface area contributed by atoms with Crippen LogP contribution in [0.15, 0.2) is 18.2 Å². The van der Waals surface area contributed by atoms with Crippen LogP contribution in [0, 0.1) is 13.8 Å². The van der Waals surface area contributed by atoms with Gasteiger partial charge in [-0.25, -0.2) is 0 Å². The molecule has 0 heterocycles. The van der Waals surface area contributed by atoms with Crippen molar-refractivity contribution in [3.8, 4) is 5.75 Å².